The molecule has 1 amide bonds. The number of benzene rings is 1. The Morgan fingerprint density at radius 1 is 1.27 bits per heavy atom. The van der Waals surface area contributed by atoms with Gasteiger partial charge in [0.15, 0.2) is 0 Å². The van der Waals surface area contributed by atoms with Crippen LogP contribution in [0.2, 0.25) is 0 Å². The summed E-state index contributed by atoms with van der Waals surface area (Å²) in [5, 5.41) is 2.94. The first-order valence-electron chi connectivity index (χ1n) is 9.47. The molecule has 0 bridgehead atoms. The van der Waals surface area contributed by atoms with Crippen molar-refractivity contribution in [3.05, 3.63) is 24.3 Å². The molecule has 6 nitrogen and oxygen atoms in total. The van der Waals surface area contributed by atoms with Crippen LogP contribution in [0.25, 0.3) is 0 Å². The van der Waals surface area contributed by atoms with Gasteiger partial charge in [0.05, 0.1) is 13.2 Å². The summed E-state index contributed by atoms with van der Waals surface area (Å²) in [7, 11) is 1.58. The van der Waals surface area contributed by atoms with Gasteiger partial charge in [0.1, 0.15) is 18.0 Å². The second kappa shape index (κ2) is 10.5. The molecule has 2 rings (SSSR count). The SMILES string of the molecule is CCCC[C@](C)(OC)C(=O)Nc1ccc(OCCN2CCOCC2)cc1. The zero-order valence-corrected chi connectivity index (χ0v) is 16.3. The highest BCUT2D eigenvalue weighted by molar-refractivity contribution is 5.97. The topological polar surface area (TPSA) is 60.0 Å². The number of morpholine rings is 1. The molecule has 1 saturated heterocycles. The van der Waals surface area contributed by atoms with Crippen LogP contribution >= 0.6 is 0 Å². The van der Waals surface area contributed by atoms with Crippen molar-refractivity contribution in [3.8, 4) is 5.75 Å². The maximum absolute atomic E-state index is 12.5. The predicted octanol–water partition coefficient (Wildman–Crippen LogP) is 2.93. The van der Waals surface area contributed by atoms with Crippen LogP contribution in [0.5, 0.6) is 5.75 Å². The van der Waals surface area contributed by atoms with E-state index in [9.17, 15) is 4.79 Å². The lowest BCUT2D eigenvalue weighted by atomic mass is 9.97. The Bertz CT molecular complexity index is 543. The minimum absolute atomic E-state index is 0.116. The van der Waals surface area contributed by atoms with Gasteiger partial charge in [-0.1, -0.05) is 19.8 Å². The van der Waals surface area contributed by atoms with Crippen LogP contribution in [0, 0.1) is 0 Å². The van der Waals surface area contributed by atoms with E-state index in [1.807, 2.05) is 31.2 Å². The van der Waals surface area contributed by atoms with Gasteiger partial charge in [0, 0.05) is 32.4 Å². The average Bonchev–Trinajstić information content (AvgIpc) is 2.68. The molecule has 1 N–H and O–H groups in total. The lowest BCUT2D eigenvalue weighted by Crippen LogP contribution is -2.41. The number of unbranched alkanes of at least 4 members (excludes halogenated alkanes) is 1. The van der Waals surface area contributed by atoms with Gasteiger partial charge < -0.3 is 19.5 Å². The standard InChI is InChI=1S/C20H32N2O4/c1-4-5-10-20(2,24-3)19(23)21-17-6-8-18(9-7-17)26-16-13-22-11-14-25-15-12-22/h6-9H,4-5,10-16H2,1-3H3,(H,21,23)/t20-/m0/s1. The van der Waals surface area contributed by atoms with E-state index in [1.165, 1.54) is 0 Å². The number of hydrogen-bond acceptors (Lipinski definition) is 5. The Hall–Kier alpha value is -1.63. The number of anilines is 1. The summed E-state index contributed by atoms with van der Waals surface area (Å²) in [5.74, 6) is 0.686. The third-order valence-corrected chi connectivity index (χ3v) is 4.83. The zero-order valence-electron chi connectivity index (χ0n) is 16.3. The van der Waals surface area contributed by atoms with Crippen LogP contribution in [0.3, 0.4) is 0 Å². The molecule has 0 spiro atoms. The van der Waals surface area contributed by atoms with Crippen molar-refractivity contribution in [2.24, 2.45) is 0 Å². The first kappa shape index (κ1) is 20.7. The highest BCUT2D eigenvalue weighted by Gasteiger charge is 2.32. The van der Waals surface area contributed by atoms with Crippen LogP contribution in [-0.2, 0) is 14.3 Å². The fourth-order valence-electron chi connectivity index (χ4n) is 2.84. The normalized spacial score (nSPS) is 17.5. The molecule has 1 aromatic rings. The number of hydrogen-bond donors (Lipinski definition) is 1. The number of nitrogens with zero attached hydrogens (tertiary/aromatic N) is 1. The van der Waals surface area contributed by atoms with E-state index in [0.29, 0.717) is 13.0 Å². The fourth-order valence-corrected chi connectivity index (χ4v) is 2.84. The Balaban J connectivity index is 1.79. The van der Waals surface area contributed by atoms with Crippen molar-refractivity contribution in [3.63, 3.8) is 0 Å². The molecule has 1 heterocycles. The summed E-state index contributed by atoms with van der Waals surface area (Å²) in [6, 6.07) is 7.48. The van der Waals surface area contributed by atoms with E-state index in [0.717, 1.165) is 57.1 Å². The first-order chi connectivity index (χ1) is 12.6. The maximum Gasteiger partial charge on any atom is 0.256 e. The molecule has 1 aliphatic heterocycles. The van der Waals surface area contributed by atoms with Crippen molar-refractivity contribution in [1.29, 1.82) is 0 Å². The second-order valence-corrected chi connectivity index (χ2v) is 6.82. The number of nitrogens with one attached hydrogen (secondary N) is 1. The zero-order chi connectivity index (χ0) is 18.8. The smallest absolute Gasteiger partial charge is 0.256 e. The van der Waals surface area contributed by atoms with Gasteiger partial charge in [-0.05, 0) is 37.6 Å². The number of carbonyl (C=O) groups is 1. The summed E-state index contributed by atoms with van der Waals surface area (Å²) in [6.07, 6.45) is 2.69. The molecule has 0 unspecified atom stereocenters. The van der Waals surface area contributed by atoms with Crippen LogP contribution < -0.4 is 10.1 Å². The van der Waals surface area contributed by atoms with Gasteiger partial charge in [-0.25, -0.2) is 0 Å². The fraction of sp³-hybridized carbons (Fsp3) is 0.650. The van der Waals surface area contributed by atoms with Gasteiger partial charge in [-0.2, -0.15) is 0 Å². The molecule has 1 atom stereocenters. The number of ether oxygens (including phenoxy) is 3. The molecule has 1 fully saturated rings. The van der Waals surface area contributed by atoms with Crippen molar-refractivity contribution in [1.82, 2.24) is 4.90 Å². The minimum Gasteiger partial charge on any atom is -0.492 e. The molecular formula is C20H32N2O4. The highest BCUT2D eigenvalue weighted by Crippen LogP contribution is 2.22. The molecule has 1 aromatic carbocycles. The van der Waals surface area contributed by atoms with E-state index in [2.05, 4.69) is 17.1 Å². The Labute approximate surface area is 156 Å². The van der Waals surface area contributed by atoms with Crippen LogP contribution in [-0.4, -0.2) is 63.0 Å². The van der Waals surface area contributed by atoms with Gasteiger partial charge >= 0.3 is 0 Å². The summed E-state index contributed by atoms with van der Waals surface area (Å²) >= 11 is 0. The monoisotopic (exact) mass is 364 g/mol. The Kier molecular flexibility index (Phi) is 8.35. The molecule has 0 saturated carbocycles. The molecule has 146 valence electrons. The molecule has 6 heteroatoms. The van der Waals surface area contributed by atoms with Gasteiger partial charge in [-0.3, -0.25) is 9.69 Å². The predicted molar refractivity (Wildman–Crippen MR) is 103 cm³/mol. The number of amides is 1. The Morgan fingerprint density at radius 2 is 1.96 bits per heavy atom. The van der Waals surface area contributed by atoms with E-state index in [1.54, 1.807) is 7.11 Å². The first-order valence-corrected chi connectivity index (χ1v) is 9.47. The maximum atomic E-state index is 12.5. The highest BCUT2D eigenvalue weighted by atomic mass is 16.5. The number of carbonyl (C=O) groups excluding carboxylic acids is 1. The van der Waals surface area contributed by atoms with Crippen LogP contribution in [0.1, 0.15) is 33.1 Å². The number of methoxy groups -OCH3 is 1. The van der Waals surface area contributed by atoms with Crippen molar-refractivity contribution < 1.29 is 19.0 Å². The van der Waals surface area contributed by atoms with E-state index in [-0.39, 0.29) is 5.91 Å². The molecule has 0 aromatic heterocycles. The molecular weight excluding hydrogens is 332 g/mol. The van der Waals surface area contributed by atoms with E-state index >= 15 is 0 Å². The quantitative estimate of drug-likeness (QED) is 0.692. The van der Waals surface area contributed by atoms with Gasteiger partial charge in [-0.15, -0.1) is 0 Å². The van der Waals surface area contributed by atoms with Gasteiger partial charge in [0.2, 0.25) is 0 Å². The molecule has 0 aliphatic carbocycles. The van der Waals surface area contributed by atoms with Gasteiger partial charge in [0.25, 0.3) is 5.91 Å². The van der Waals surface area contributed by atoms with Crippen LogP contribution in [0.4, 0.5) is 5.69 Å². The van der Waals surface area contributed by atoms with E-state index < -0.39 is 5.60 Å². The lowest BCUT2D eigenvalue weighted by Gasteiger charge is -2.27. The minimum atomic E-state index is -0.802. The summed E-state index contributed by atoms with van der Waals surface area (Å²) in [6.45, 7) is 9.00. The van der Waals surface area contributed by atoms with Crippen molar-refractivity contribution >= 4 is 11.6 Å². The summed E-state index contributed by atoms with van der Waals surface area (Å²) < 4.78 is 16.6. The average molecular weight is 364 g/mol. The summed E-state index contributed by atoms with van der Waals surface area (Å²) in [4.78, 5) is 14.9. The second-order valence-electron chi connectivity index (χ2n) is 6.82. The number of rotatable bonds is 10. The molecule has 0 radical (unpaired) electrons. The van der Waals surface area contributed by atoms with Crippen molar-refractivity contribution in [2.75, 3.05) is 51.9 Å². The largest absolute Gasteiger partial charge is 0.492 e. The molecule has 26 heavy (non-hydrogen) atoms. The molecule has 1 aliphatic rings. The lowest BCUT2D eigenvalue weighted by molar-refractivity contribution is -0.136. The van der Waals surface area contributed by atoms with Crippen molar-refractivity contribution in [2.45, 2.75) is 38.7 Å². The third kappa shape index (κ3) is 6.27. The van der Waals surface area contributed by atoms with E-state index in [4.69, 9.17) is 14.2 Å². The third-order valence-electron chi connectivity index (χ3n) is 4.83. The van der Waals surface area contributed by atoms with Crippen LogP contribution in [0.15, 0.2) is 24.3 Å². The Morgan fingerprint density at radius 3 is 2.58 bits per heavy atom. The summed E-state index contributed by atoms with van der Waals surface area (Å²) in [5.41, 5.74) is -0.0566.